The highest BCUT2D eigenvalue weighted by Crippen LogP contribution is 1.96. The van der Waals surface area contributed by atoms with Crippen molar-refractivity contribution in [1.29, 1.82) is 0 Å². The molecule has 0 saturated carbocycles. The Morgan fingerprint density at radius 3 is 2.00 bits per heavy atom. The lowest BCUT2D eigenvalue weighted by Gasteiger charge is -2.08. The molecule has 88 valence electrons. The maximum Gasteiger partial charge on any atom is 0.0777 e. The third-order valence-electron chi connectivity index (χ3n) is 1.51. The summed E-state index contributed by atoms with van der Waals surface area (Å²) in [7, 11) is 0. The van der Waals surface area contributed by atoms with Crippen LogP contribution in [0.15, 0.2) is 0 Å². The molecule has 0 aliphatic carbocycles. The van der Waals surface area contributed by atoms with Gasteiger partial charge < -0.3 is 20.1 Å². The molecule has 0 aromatic carbocycles. The van der Waals surface area contributed by atoms with Gasteiger partial charge in [-0.3, -0.25) is 0 Å². The number of unbranched alkanes of at least 4 members (excludes halogenated alkanes) is 2. The molecule has 1 unspecified atom stereocenters. The Hall–Kier alpha value is -0.160. The highest BCUT2D eigenvalue weighted by atomic mass is 16.5. The van der Waals surface area contributed by atoms with Gasteiger partial charge >= 0.3 is 0 Å². The molecule has 1 atom stereocenters. The van der Waals surface area contributed by atoms with E-state index in [4.69, 9.17) is 20.1 Å². The van der Waals surface area contributed by atoms with Crippen LogP contribution in [0.5, 0.6) is 0 Å². The maximum atomic E-state index is 8.57. The van der Waals surface area contributed by atoms with E-state index in [1.54, 1.807) is 0 Å². The van der Waals surface area contributed by atoms with Crippen LogP contribution in [0.25, 0.3) is 0 Å². The van der Waals surface area contributed by atoms with Crippen molar-refractivity contribution >= 4 is 0 Å². The standard InChI is InChI=1S/C8H18O2.C2H6O2/c1-3-4-5-6-10-8(2)7-9;3-1-2-4/h8-9H,3-7H2,1-2H3;3-4H,1-2H2. The zero-order valence-corrected chi connectivity index (χ0v) is 9.28. The number of aliphatic hydroxyl groups excluding tert-OH is 3. The Morgan fingerprint density at radius 1 is 1.07 bits per heavy atom. The van der Waals surface area contributed by atoms with Crippen LogP contribution in [-0.2, 0) is 4.74 Å². The van der Waals surface area contributed by atoms with Crippen molar-refractivity contribution in [2.24, 2.45) is 0 Å². The van der Waals surface area contributed by atoms with Crippen LogP contribution < -0.4 is 0 Å². The fraction of sp³-hybridized carbons (Fsp3) is 1.00. The van der Waals surface area contributed by atoms with Gasteiger partial charge in [-0.25, -0.2) is 0 Å². The molecule has 0 saturated heterocycles. The van der Waals surface area contributed by atoms with E-state index in [-0.39, 0.29) is 25.9 Å². The van der Waals surface area contributed by atoms with Crippen LogP contribution >= 0.6 is 0 Å². The Morgan fingerprint density at radius 2 is 1.64 bits per heavy atom. The molecule has 0 amide bonds. The summed E-state index contributed by atoms with van der Waals surface area (Å²) in [5, 5.41) is 23.8. The molecular weight excluding hydrogens is 184 g/mol. The van der Waals surface area contributed by atoms with E-state index in [0.717, 1.165) is 13.0 Å². The van der Waals surface area contributed by atoms with Gasteiger partial charge in [-0.15, -0.1) is 0 Å². The van der Waals surface area contributed by atoms with Crippen LogP contribution in [0.3, 0.4) is 0 Å². The second kappa shape index (κ2) is 15.3. The number of rotatable bonds is 7. The zero-order chi connectivity index (χ0) is 11.2. The third-order valence-corrected chi connectivity index (χ3v) is 1.51. The van der Waals surface area contributed by atoms with Gasteiger partial charge in [-0.2, -0.15) is 0 Å². The molecule has 0 aliphatic heterocycles. The summed E-state index contributed by atoms with van der Waals surface area (Å²) < 4.78 is 5.24. The van der Waals surface area contributed by atoms with Gasteiger partial charge in [0.05, 0.1) is 25.9 Å². The molecular formula is C10H24O4. The van der Waals surface area contributed by atoms with Crippen molar-refractivity contribution in [3.05, 3.63) is 0 Å². The minimum atomic E-state index is -0.125. The van der Waals surface area contributed by atoms with Crippen molar-refractivity contribution in [2.75, 3.05) is 26.4 Å². The molecule has 14 heavy (non-hydrogen) atoms. The Bertz CT molecular complexity index is 86.2. The first-order chi connectivity index (χ1) is 6.72. The van der Waals surface area contributed by atoms with E-state index in [1.165, 1.54) is 12.8 Å². The first-order valence-electron chi connectivity index (χ1n) is 5.17. The quantitative estimate of drug-likeness (QED) is 0.534. The molecule has 0 aromatic heterocycles. The second-order valence-corrected chi connectivity index (χ2v) is 3.02. The average molecular weight is 208 g/mol. The minimum Gasteiger partial charge on any atom is -0.394 e. The molecule has 3 N–H and O–H groups in total. The van der Waals surface area contributed by atoms with Crippen LogP contribution in [0.4, 0.5) is 0 Å². The molecule has 0 spiro atoms. The van der Waals surface area contributed by atoms with Crippen molar-refractivity contribution < 1.29 is 20.1 Å². The smallest absolute Gasteiger partial charge is 0.0777 e. The van der Waals surface area contributed by atoms with Crippen molar-refractivity contribution in [3.8, 4) is 0 Å². The zero-order valence-electron chi connectivity index (χ0n) is 9.28. The normalized spacial score (nSPS) is 11.8. The van der Waals surface area contributed by atoms with Gasteiger partial charge in [0.25, 0.3) is 0 Å². The summed E-state index contributed by atoms with van der Waals surface area (Å²) in [6.45, 7) is 4.71. The van der Waals surface area contributed by atoms with Crippen LogP contribution in [0.1, 0.15) is 33.1 Å². The molecule has 0 rings (SSSR count). The second-order valence-electron chi connectivity index (χ2n) is 3.02. The molecule has 0 aromatic rings. The lowest BCUT2D eigenvalue weighted by molar-refractivity contribution is 0.0232. The lowest BCUT2D eigenvalue weighted by Crippen LogP contribution is -2.13. The summed E-state index contributed by atoms with van der Waals surface area (Å²) in [5.74, 6) is 0. The number of hydrogen-bond donors (Lipinski definition) is 3. The van der Waals surface area contributed by atoms with E-state index < -0.39 is 0 Å². The molecule has 0 fully saturated rings. The summed E-state index contributed by atoms with van der Waals surface area (Å²) >= 11 is 0. The first-order valence-corrected chi connectivity index (χ1v) is 5.17. The maximum absolute atomic E-state index is 8.57. The van der Waals surface area contributed by atoms with Gasteiger partial charge in [-0.1, -0.05) is 19.8 Å². The Labute approximate surface area is 86.5 Å². The number of hydrogen-bond acceptors (Lipinski definition) is 4. The number of ether oxygens (including phenoxy) is 1. The monoisotopic (exact) mass is 208 g/mol. The van der Waals surface area contributed by atoms with E-state index in [9.17, 15) is 0 Å². The Kier molecular flexibility index (Phi) is 17.8. The molecule has 0 aliphatic rings. The topological polar surface area (TPSA) is 69.9 Å². The van der Waals surface area contributed by atoms with Crippen LogP contribution in [0, 0.1) is 0 Å². The van der Waals surface area contributed by atoms with Crippen molar-refractivity contribution in [2.45, 2.75) is 39.2 Å². The van der Waals surface area contributed by atoms with E-state index >= 15 is 0 Å². The highest BCUT2D eigenvalue weighted by molar-refractivity contribution is 4.44. The molecule has 0 bridgehead atoms. The summed E-state index contributed by atoms with van der Waals surface area (Å²) in [4.78, 5) is 0. The van der Waals surface area contributed by atoms with Crippen molar-refractivity contribution in [3.63, 3.8) is 0 Å². The summed E-state index contributed by atoms with van der Waals surface area (Å²) in [5.41, 5.74) is 0. The van der Waals surface area contributed by atoms with Crippen LogP contribution in [-0.4, -0.2) is 47.9 Å². The largest absolute Gasteiger partial charge is 0.394 e. The lowest BCUT2D eigenvalue weighted by atomic mass is 10.3. The first kappa shape index (κ1) is 16.3. The minimum absolute atomic E-state index is 0.0110. The van der Waals surface area contributed by atoms with Gasteiger partial charge in [0.1, 0.15) is 0 Å². The fourth-order valence-electron chi connectivity index (χ4n) is 0.689. The summed E-state index contributed by atoms with van der Waals surface area (Å²) in [6, 6.07) is 0. The van der Waals surface area contributed by atoms with Gasteiger partial charge in [0, 0.05) is 6.61 Å². The predicted molar refractivity (Wildman–Crippen MR) is 56.2 cm³/mol. The van der Waals surface area contributed by atoms with Gasteiger partial charge in [0.15, 0.2) is 0 Å². The van der Waals surface area contributed by atoms with E-state index in [0.29, 0.717) is 0 Å². The third kappa shape index (κ3) is 17.8. The summed E-state index contributed by atoms with van der Waals surface area (Å²) in [6.07, 6.45) is 3.56. The SMILES string of the molecule is CCCCCOC(C)CO.OCCO. The van der Waals surface area contributed by atoms with Gasteiger partial charge in [0.2, 0.25) is 0 Å². The molecule has 4 nitrogen and oxygen atoms in total. The molecule has 4 heteroatoms. The predicted octanol–water partition coefficient (Wildman–Crippen LogP) is 0.545. The molecule has 0 heterocycles. The highest BCUT2D eigenvalue weighted by Gasteiger charge is 1.96. The number of aliphatic hydroxyl groups is 3. The average Bonchev–Trinajstić information content (AvgIpc) is 2.24. The molecule has 0 radical (unpaired) electrons. The van der Waals surface area contributed by atoms with E-state index in [2.05, 4.69) is 6.92 Å². The van der Waals surface area contributed by atoms with E-state index in [1.807, 2.05) is 6.92 Å². The van der Waals surface area contributed by atoms with Gasteiger partial charge in [-0.05, 0) is 13.3 Å². The van der Waals surface area contributed by atoms with Crippen molar-refractivity contribution in [1.82, 2.24) is 0 Å². The van der Waals surface area contributed by atoms with Crippen LogP contribution in [0.2, 0.25) is 0 Å². The fourth-order valence-corrected chi connectivity index (χ4v) is 0.689. The Balaban J connectivity index is 0.